The van der Waals surface area contributed by atoms with Crippen molar-refractivity contribution in [1.82, 2.24) is 10.2 Å². The first kappa shape index (κ1) is 22.5. The molecule has 0 saturated carbocycles. The number of amides is 2. The zero-order valence-corrected chi connectivity index (χ0v) is 17.9. The van der Waals surface area contributed by atoms with Crippen LogP contribution in [0.2, 0.25) is 0 Å². The van der Waals surface area contributed by atoms with Gasteiger partial charge < -0.3 is 15.0 Å². The number of hydrogen-bond donors (Lipinski definition) is 1. The van der Waals surface area contributed by atoms with Gasteiger partial charge in [-0.3, -0.25) is 9.59 Å². The van der Waals surface area contributed by atoms with Gasteiger partial charge >= 0.3 is 0 Å². The van der Waals surface area contributed by atoms with E-state index < -0.39 is 6.04 Å². The Balaban J connectivity index is 2.02. The molecule has 0 aliphatic heterocycles. The highest BCUT2D eigenvalue weighted by Gasteiger charge is 2.27. The summed E-state index contributed by atoms with van der Waals surface area (Å²) in [5.74, 6) is 0.637. The second-order valence-corrected chi connectivity index (χ2v) is 7.25. The van der Waals surface area contributed by atoms with Gasteiger partial charge in [0.25, 0.3) is 0 Å². The smallest absolute Gasteiger partial charge is 0.242 e. The number of carbonyl (C=O) groups excluding carboxylic acids is 2. The normalized spacial score (nSPS) is 11.6. The molecule has 0 aliphatic carbocycles. The molecule has 1 atom stereocenters. The predicted molar refractivity (Wildman–Crippen MR) is 116 cm³/mol. The molecule has 1 N–H and O–H groups in total. The van der Waals surface area contributed by atoms with Crippen molar-refractivity contribution in [3.63, 3.8) is 0 Å². The summed E-state index contributed by atoms with van der Waals surface area (Å²) >= 11 is 0. The highest BCUT2D eigenvalue weighted by Crippen LogP contribution is 2.17. The summed E-state index contributed by atoms with van der Waals surface area (Å²) in [4.78, 5) is 27.1. The van der Waals surface area contributed by atoms with Crippen molar-refractivity contribution >= 4 is 11.8 Å². The van der Waals surface area contributed by atoms with Crippen LogP contribution in [0.15, 0.2) is 48.5 Å². The maximum atomic E-state index is 13.0. The van der Waals surface area contributed by atoms with E-state index in [0.717, 1.165) is 16.9 Å². The lowest BCUT2D eigenvalue weighted by Crippen LogP contribution is -2.48. The third-order valence-corrected chi connectivity index (χ3v) is 5.06. The third-order valence-electron chi connectivity index (χ3n) is 5.06. The zero-order valence-electron chi connectivity index (χ0n) is 17.9. The Morgan fingerprint density at radius 3 is 2.38 bits per heavy atom. The minimum Gasteiger partial charge on any atom is -0.494 e. The molecule has 156 valence electrons. The van der Waals surface area contributed by atoms with Gasteiger partial charge in [0, 0.05) is 20.0 Å². The molecule has 29 heavy (non-hydrogen) atoms. The molecular weight excluding hydrogens is 364 g/mol. The topological polar surface area (TPSA) is 58.6 Å². The molecule has 2 rings (SSSR count). The standard InChI is InChI=1S/C24H32N2O3/c1-5-22(24(28)25-4)26(17-20-10-7-6-9-19(20)3)23(27)11-8-16-29-21-14-12-18(2)13-15-21/h6-7,9-10,12-15,22H,5,8,11,16-17H2,1-4H3,(H,25,28). The molecule has 0 radical (unpaired) electrons. The van der Waals surface area contributed by atoms with Gasteiger partial charge in [-0.25, -0.2) is 0 Å². The number of aryl methyl sites for hydroxylation is 2. The Labute approximate surface area is 174 Å². The van der Waals surface area contributed by atoms with E-state index in [0.29, 0.717) is 32.4 Å². The maximum absolute atomic E-state index is 13.0. The van der Waals surface area contributed by atoms with Crippen molar-refractivity contribution in [2.75, 3.05) is 13.7 Å². The van der Waals surface area contributed by atoms with E-state index in [-0.39, 0.29) is 11.8 Å². The van der Waals surface area contributed by atoms with E-state index in [1.54, 1.807) is 11.9 Å². The van der Waals surface area contributed by atoms with Gasteiger partial charge in [-0.05, 0) is 49.9 Å². The molecule has 0 aliphatic rings. The van der Waals surface area contributed by atoms with Gasteiger partial charge in [0.1, 0.15) is 11.8 Å². The Morgan fingerprint density at radius 2 is 1.76 bits per heavy atom. The Morgan fingerprint density at radius 1 is 1.07 bits per heavy atom. The SMILES string of the molecule is CCC(C(=O)NC)N(Cc1ccccc1C)C(=O)CCCOc1ccc(C)cc1. The monoisotopic (exact) mass is 396 g/mol. The van der Waals surface area contributed by atoms with E-state index in [2.05, 4.69) is 5.32 Å². The van der Waals surface area contributed by atoms with E-state index >= 15 is 0 Å². The van der Waals surface area contributed by atoms with E-state index in [4.69, 9.17) is 4.74 Å². The fourth-order valence-corrected chi connectivity index (χ4v) is 3.25. The summed E-state index contributed by atoms with van der Waals surface area (Å²) in [6.45, 7) is 6.87. The van der Waals surface area contributed by atoms with E-state index in [9.17, 15) is 9.59 Å². The average Bonchev–Trinajstić information content (AvgIpc) is 2.73. The van der Waals surface area contributed by atoms with Gasteiger partial charge in [0.2, 0.25) is 11.8 Å². The van der Waals surface area contributed by atoms with Crippen LogP contribution in [0.5, 0.6) is 5.75 Å². The minimum atomic E-state index is -0.481. The van der Waals surface area contributed by atoms with Crippen LogP contribution < -0.4 is 10.1 Å². The van der Waals surface area contributed by atoms with Crippen LogP contribution in [0.4, 0.5) is 0 Å². The number of hydrogen-bond acceptors (Lipinski definition) is 3. The van der Waals surface area contributed by atoms with Crippen molar-refractivity contribution in [3.8, 4) is 5.75 Å². The highest BCUT2D eigenvalue weighted by atomic mass is 16.5. The number of likely N-dealkylation sites (N-methyl/N-ethyl adjacent to an activating group) is 1. The number of nitrogens with one attached hydrogen (secondary N) is 1. The fourth-order valence-electron chi connectivity index (χ4n) is 3.25. The first-order valence-electron chi connectivity index (χ1n) is 10.2. The molecule has 0 fully saturated rings. The molecule has 2 aromatic rings. The first-order chi connectivity index (χ1) is 14.0. The van der Waals surface area contributed by atoms with Crippen molar-refractivity contribution in [2.45, 2.75) is 52.6 Å². The number of rotatable bonds is 10. The largest absolute Gasteiger partial charge is 0.494 e. The van der Waals surface area contributed by atoms with Crippen LogP contribution in [0.25, 0.3) is 0 Å². The Hall–Kier alpha value is -2.82. The van der Waals surface area contributed by atoms with Crippen LogP contribution >= 0.6 is 0 Å². The summed E-state index contributed by atoms with van der Waals surface area (Å²) in [7, 11) is 1.61. The fraction of sp³-hybridized carbons (Fsp3) is 0.417. The number of ether oxygens (including phenoxy) is 1. The number of nitrogens with zero attached hydrogens (tertiary/aromatic N) is 1. The average molecular weight is 397 g/mol. The van der Waals surface area contributed by atoms with Crippen molar-refractivity contribution in [3.05, 3.63) is 65.2 Å². The summed E-state index contributed by atoms with van der Waals surface area (Å²) in [6, 6.07) is 15.3. The lowest BCUT2D eigenvalue weighted by molar-refractivity contribution is -0.141. The molecule has 0 heterocycles. The Bertz CT molecular complexity index is 802. The minimum absolute atomic E-state index is 0.0313. The molecule has 5 heteroatoms. The molecule has 2 amide bonds. The van der Waals surface area contributed by atoms with Crippen molar-refractivity contribution in [2.24, 2.45) is 0 Å². The van der Waals surface area contributed by atoms with Gasteiger partial charge in [0.15, 0.2) is 0 Å². The second kappa shape index (κ2) is 11.2. The summed E-state index contributed by atoms with van der Waals surface area (Å²) in [5, 5.41) is 2.69. The number of benzene rings is 2. The lowest BCUT2D eigenvalue weighted by atomic mass is 10.1. The van der Waals surface area contributed by atoms with Gasteiger partial charge in [-0.2, -0.15) is 0 Å². The van der Waals surface area contributed by atoms with Crippen LogP contribution in [0, 0.1) is 13.8 Å². The maximum Gasteiger partial charge on any atom is 0.242 e. The van der Waals surface area contributed by atoms with Crippen LogP contribution in [0.1, 0.15) is 42.9 Å². The van der Waals surface area contributed by atoms with Crippen molar-refractivity contribution < 1.29 is 14.3 Å². The summed E-state index contributed by atoms with van der Waals surface area (Å²) in [6.07, 6.45) is 1.50. The molecule has 0 spiro atoms. The number of carbonyl (C=O) groups is 2. The quantitative estimate of drug-likeness (QED) is 0.617. The lowest BCUT2D eigenvalue weighted by Gasteiger charge is -2.30. The zero-order chi connectivity index (χ0) is 21.2. The van der Waals surface area contributed by atoms with Crippen LogP contribution in [-0.2, 0) is 16.1 Å². The molecule has 0 aromatic heterocycles. The first-order valence-corrected chi connectivity index (χ1v) is 10.2. The molecule has 5 nitrogen and oxygen atoms in total. The second-order valence-electron chi connectivity index (χ2n) is 7.25. The molecule has 2 aromatic carbocycles. The van der Waals surface area contributed by atoms with E-state index in [1.165, 1.54) is 5.56 Å². The van der Waals surface area contributed by atoms with Crippen molar-refractivity contribution in [1.29, 1.82) is 0 Å². The third kappa shape index (κ3) is 6.63. The highest BCUT2D eigenvalue weighted by molar-refractivity contribution is 5.87. The van der Waals surface area contributed by atoms with Gasteiger partial charge in [0.05, 0.1) is 6.61 Å². The molecule has 1 unspecified atom stereocenters. The molecule has 0 bridgehead atoms. The van der Waals surface area contributed by atoms with Crippen LogP contribution in [-0.4, -0.2) is 36.4 Å². The van der Waals surface area contributed by atoms with E-state index in [1.807, 2.05) is 69.3 Å². The Kier molecular flexibility index (Phi) is 8.71. The van der Waals surface area contributed by atoms with Crippen LogP contribution in [0.3, 0.4) is 0 Å². The molecular formula is C24H32N2O3. The van der Waals surface area contributed by atoms with Gasteiger partial charge in [-0.15, -0.1) is 0 Å². The predicted octanol–water partition coefficient (Wildman–Crippen LogP) is 4.02. The van der Waals surface area contributed by atoms with Gasteiger partial charge in [-0.1, -0.05) is 48.9 Å². The summed E-state index contributed by atoms with van der Waals surface area (Å²) < 4.78 is 5.73. The summed E-state index contributed by atoms with van der Waals surface area (Å²) in [5.41, 5.74) is 3.35. The molecule has 0 saturated heterocycles.